The smallest absolute Gasteiger partial charge is 0.148 e. The number of nitrogens with one attached hydrogen (secondary N) is 2. The number of para-hydroxylation sites is 1. The summed E-state index contributed by atoms with van der Waals surface area (Å²) in [6.07, 6.45) is 1.01. The normalized spacial score (nSPS) is 24.8. The monoisotopic (exact) mass is 194 g/mol. The lowest BCUT2D eigenvalue weighted by Crippen LogP contribution is -2.44. The molecule has 1 aromatic carbocycles. The molecule has 0 aliphatic carbocycles. The number of benzene rings is 1. The van der Waals surface area contributed by atoms with Crippen LogP contribution >= 0.6 is 0 Å². The largest absolute Gasteiger partial charge is 0.379 e. The highest BCUT2D eigenvalue weighted by atomic mass is 19.1. The summed E-state index contributed by atoms with van der Waals surface area (Å²) in [6.45, 7) is 5.02. The second-order valence-electron chi connectivity index (χ2n) is 4.06. The summed E-state index contributed by atoms with van der Waals surface area (Å²) in [5, 5.41) is 6.50. The van der Waals surface area contributed by atoms with E-state index in [1.807, 2.05) is 6.07 Å². The first-order valence-electron chi connectivity index (χ1n) is 4.95. The maximum absolute atomic E-state index is 13.3. The van der Waals surface area contributed by atoms with E-state index >= 15 is 0 Å². The van der Waals surface area contributed by atoms with Crippen molar-refractivity contribution in [3.05, 3.63) is 24.0 Å². The van der Waals surface area contributed by atoms with Crippen LogP contribution in [0.25, 0.3) is 0 Å². The standard InChI is InChI=1S/C11H15FN2/c1-3-11(2)7-13-10-8(12)5-4-6-9(10)14-11/h4-6,13-14H,3,7H2,1-2H3. The molecule has 0 saturated heterocycles. The van der Waals surface area contributed by atoms with Crippen LogP contribution in [0.4, 0.5) is 15.8 Å². The minimum absolute atomic E-state index is 0.0286. The molecule has 0 spiro atoms. The van der Waals surface area contributed by atoms with Gasteiger partial charge < -0.3 is 10.6 Å². The number of hydrogen-bond acceptors (Lipinski definition) is 2. The summed E-state index contributed by atoms with van der Waals surface area (Å²) in [5.74, 6) is -0.187. The fourth-order valence-electron chi connectivity index (χ4n) is 1.67. The van der Waals surface area contributed by atoms with Gasteiger partial charge in [-0.15, -0.1) is 0 Å². The van der Waals surface area contributed by atoms with E-state index in [9.17, 15) is 4.39 Å². The van der Waals surface area contributed by atoms with Gasteiger partial charge in [0.15, 0.2) is 0 Å². The highest BCUT2D eigenvalue weighted by Crippen LogP contribution is 2.33. The van der Waals surface area contributed by atoms with Crippen LogP contribution in [0.2, 0.25) is 0 Å². The molecular formula is C11H15FN2. The Bertz CT molecular complexity index is 351. The predicted molar refractivity (Wildman–Crippen MR) is 57.2 cm³/mol. The van der Waals surface area contributed by atoms with Crippen LogP contribution < -0.4 is 10.6 Å². The van der Waals surface area contributed by atoms with Gasteiger partial charge in [0.25, 0.3) is 0 Å². The summed E-state index contributed by atoms with van der Waals surface area (Å²) < 4.78 is 13.3. The van der Waals surface area contributed by atoms with E-state index in [2.05, 4.69) is 24.5 Å². The van der Waals surface area contributed by atoms with Crippen molar-refractivity contribution in [1.29, 1.82) is 0 Å². The molecule has 1 aliphatic rings. The van der Waals surface area contributed by atoms with Gasteiger partial charge in [0.05, 0.1) is 16.9 Å². The lowest BCUT2D eigenvalue weighted by atomic mass is 9.95. The van der Waals surface area contributed by atoms with Gasteiger partial charge in [0, 0.05) is 6.54 Å². The molecule has 1 aromatic rings. The first kappa shape index (κ1) is 9.31. The quantitative estimate of drug-likeness (QED) is 0.718. The molecule has 1 aliphatic heterocycles. The minimum Gasteiger partial charge on any atom is -0.379 e. The molecule has 0 saturated carbocycles. The fourth-order valence-corrected chi connectivity index (χ4v) is 1.67. The average Bonchev–Trinajstić information content (AvgIpc) is 2.18. The Morgan fingerprint density at radius 1 is 1.50 bits per heavy atom. The Hall–Kier alpha value is -1.25. The zero-order valence-electron chi connectivity index (χ0n) is 8.52. The van der Waals surface area contributed by atoms with Crippen LogP contribution in [0, 0.1) is 5.82 Å². The number of fused-ring (bicyclic) bond motifs is 1. The molecule has 1 atom stereocenters. The fraction of sp³-hybridized carbons (Fsp3) is 0.455. The molecule has 1 heterocycles. The van der Waals surface area contributed by atoms with Crippen molar-refractivity contribution >= 4 is 11.4 Å². The van der Waals surface area contributed by atoms with Crippen molar-refractivity contribution in [2.75, 3.05) is 17.2 Å². The molecular weight excluding hydrogens is 179 g/mol. The second-order valence-corrected chi connectivity index (χ2v) is 4.06. The summed E-state index contributed by atoms with van der Waals surface area (Å²) in [5.41, 5.74) is 1.49. The Kier molecular flexibility index (Phi) is 2.10. The zero-order valence-corrected chi connectivity index (χ0v) is 8.52. The molecule has 3 heteroatoms. The van der Waals surface area contributed by atoms with Gasteiger partial charge in [0.1, 0.15) is 5.82 Å². The van der Waals surface area contributed by atoms with Crippen LogP contribution in [0.3, 0.4) is 0 Å². The topological polar surface area (TPSA) is 24.1 Å². The maximum atomic E-state index is 13.3. The highest BCUT2D eigenvalue weighted by Gasteiger charge is 2.27. The lowest BCUT2D eigenvalue weighted by molar-refractivity contribution is 0.509. The Labute approximate surface area is 83.5 Å². The van der Waals surface area contributed by atoms with Gasteiger partial charge >= 0.3 is 0 Å². The Morgan fingerprint density at radius 2 is 2.29 bits per heavy atom. The van der Waals surface area contributed by atoms with Crippen molar-refractivity contribution in [3.8, 4) is 0 Å². The summed E-state index contributed by atoms with van der Waals surface area (Å²) in [4.78, 5) is 0. The molecule has 2 rings (SSSR count). The Morgan fingerprint density at radius 3 is 3.00 bits per heavy atom. The second kappa shape index (κ2) is 3.15. The van der Waals surface area contributed by atoms with Crippen molar-refractivity contribution in [2.24, 2.45) is 0 Å². The number of hydrogen-bond donors (Lipinski definition) is 2. The maximum Gasteiger partial charge on any atom is 0.148 e. The van der Waals surface area contributed by atoms with E-state index in [4.69, 9.17) is 0 Å². The van der Waals surface area contributed by atoms with Gasteiger partial charge in [-0.3, -0.25) is 0 Å². The van der Waals surface area contributed by atoms with Crippen LogP contribution in [0.1, 0.15) is 20.3 Å². The molecule has 0 bridgehead atoms. The van der Waals surface area contributed by atoms with Crippen molar-refractivity contribution in [2.45, 2.75) is 25.8 Å². The molecule has 1 unspecified atom stereocenters. The third-order valence-electron chi connectivity index (χ3n) is 2.89. The van der Waals surface area contributed by atoms with E-state index in [-0.39, 0.29) is 11.4 Å². The van der Waals surface area contributed by atoms with E-state index in [0.29, 0.717) is 5.69 Å². The number of anilines is 2. The first-order chi connectivity index (χ1) is 6.64. The number of rotatable bonds is 1. The summed E-state index contributed by atoms with van der Waals surface area (Å²) in [7, 11) is 0. The minimum atomic E-state index is -0.187. The van der Waals surface area contributed by atoms with Gasteiger partial charge in [-0.1, -0.05) is 13.0 Å². The molecule has 0 radical (unpaired) electrons. The predicted octanol–water partition coefficient (Wildman–Crippen LogP) is 2.83. The lowest BCUT2D eigenvalue weighted by Gasteiger charge is -2.37. The zero-order chi connectivity index (χ0) is 10.2. The van der Waals surface area contributed by atoms with Gasteiger partial charge in [-0.05, 0) is 25.5 Å². The molecule has 0 aromatic heterocycles. The SMILES string of the molecule is CCC1(C)CNc2c(F)cccc2N1. The van der Waals surface area contributed by atoms with Crippen LogP contribution in [-0.2, 0) is 0 Å². The highest BCUT2D eigenvalue weighted by molar-refractivity contribution is 5.72. The average molecular weight is 194 g/mol. The molecule has 0 amide bonds. The molecule has 76 valence electrons. The summed E-state index contributed by atoms with van der Waals surface area (Å²) in [6, 6.07) is 5.10. The van der Waals surface area contributed by atoms with Crippen LogP contribution in [0.15, 0.2) is 18.2 Å². The van der Waals surface area contributed by atoms with E-state index in [0.717, 1.165) is 18.7 Å². The summed E-state index contributed by atoms with van der Waals surface area (Å²) >= 11 is 0. The van der Waals surface area contributed by atoms with Gasteiger partial charge in [-0.25, -0.2) is 4.39 Å². The molecule has 0 fully saturated rings. The van der Waals surface area contributed by atoms with Crippen molar-refractivity contribution in [1.82, 2.24) is 0 Å². The van der Waals surface area contributed by atoms with Crippen molar-refractivity contribution in [3.63, 3.8) is 0 Å². The van der Waals surface area contributed by atoms with Gasteiger partial charge in [0.2, 0.25) is 0 Å². The molecule has 14 heavy (non-hydrogen) atoms. The van der Waals surface area contributed by atoms with Crippen molar-refractivity contribution < 1.29 is 4.39 Å². The van der Waals surface area contributed by atoms with E-state index < -0.39 is 0 Å². The third-order valence-corrected chi connectivity index (χ3v) is 2.89. The van der Waals surface area contributed by atoms with E-state index in [1.54, 1.807) is 6.07 Å². The molecule has 2 N–H and O–H groups in total. The molecule has 2 nitrogen and oxygen atoms in total. The van der Waals surface area contributed by atoms with E-state index in [1.165, 1.54) is 6.07 Å². The van der Waals surface area contributed by atoms with Crippen LogP contribution in [0.5, 0.6) is 0 Å². The van der Waals surface area contributed by atoms with Gasteiger partial charge in [-0.2, -0.15) is 0 Å². The first-order valence-corrected chi connectivity index (χ1v) is 4.95. The number of halogens is 1. The third kappa shape index (κ3) is 1.43. The Balaban J connectivity index is 2.36. The van der Waals surface area contributed by atoms with Crippen LogP contribution in [-0.4, -0.2) is 12.1 Å².